The molecule has 0 aliphatic carbocycles. The average Bonchev–Trinajstić information content (AvgIpc) is 2.48. The van der Waals surface area contributed by atoms with Gasteiger partial charge in [-0.15, -0.1) is 11.8 Å². The van der Waals surface area contributed by atoms with Crippen LogP contribution in [0.1, 0.15) is 29.0 Å². The zero-order valence-electron chi connectivity index (χ0n) is 11.5. The first-order valence-corrected chi connectivity index (χ1v) is 7.49. The molecule has 5 heteroatoms. The molecule has 0 saturated carbocycles. The number of nitrogen functional groups attached to an aromatic ring is 1. The average molecular weight is 287 g/mol. The topological polar surface area (TPSA) is 68.0 Å². The number of anilines is 1. The summed E-state index contributed by atoms with van der Waals surface area (Å²) in [6.07, 6.45) is 3.51. The first-order valence-electron chi connectivity index (χ1n) is 6.26. The van der Waals surface area contributed by atoms with Crippen molar-refractivity contribution in [2.75, 3.05) is 12.0 Å². The molecule has 1 atom stereocenters. The highest BCUT2D eigenvalue weighted by Gasteiger charge is 2.12. The summed E-state index contributed by atoms with van der Waals surface area (Å²) in [5, 5.41) is 2.92. The van der Waals surface area contributed by atoms with Gasteiger partial charge in [-0.1, -0.05) is 12.1 Å². The van der Waals surface area contributed by atoms with E-state index < -0.39 is 0 Å². The molecule has 0 bridgehead atoms. The van der Waals surface area contributed by atoms with Gasteiger partial charge in [-0.3, -0.25) is 4.79 Å². The first-order chi connectivity index (χ1) is 9.60. The highest BCUT2D eigenvalue weighted by Crippen LogP contribution is 2.19. The second-order valence-corrected chi connectivity index (χ2v) is 5.32. The lowest BCUT2D eigenvalue weighted by atomic mass is 10.1. The number of nitrogens with zero attached hydrogens (tertiary/aromatic N) is 1. The number of benzene rings is 1. The zero-order valence-corrected chi connectivity index (χ0v) is 12.3. The van der Waals surface area contributed by atoms with E-state index in [2.05, 4.69) is 10.3 Å². The van der Waals surface area contributed by atoms with Gasteiger partial charge in [0.25, 0.3) is 5.91 Å². The third-order valence-corrected chi connectivity index (χ3v) is 3.73. The summed E-state index contributed by atoms with van der Waals surface area (Å²) in [7, 11) is 0. The SMILES string of the molecule is CSc1ccc(C(C)NC(=O)c2ccc(N)cn2)cc1. The van der Waals surface area contributed by atoms with Crippen molar-refractivity contribution < 1.29 is 4.79 Å². The maximum Gasteiger partial charge on any atom is 0.270 e. The second-order valence-electron chi connectivity index (χ2n) is 4.45. The summed E-state index contributed by atoms with van der Waals surface area (Å²) in [5.41, 5.74) is 7.52. The third kappa shape index (κ3) is 3.51. The minimum Gasteiger partial charge on any atom is -0.397 e. The van der Waals surface area contributed by atoms with Crippen LogP contribution in [0.2, 0.25) is 0 Å². The Morgan fingerprint density at radius 1 is 1.25 bits per heavy atom. The van der Waals surface area contributed by atoms with E-state index in [0.29, 0.717) is 11.4 Å². The lowest BCUT2D eigenvalue weighted by molar-refractivity contribution is 0.0935. The van der Waals surface area contributed by atoms with Gasteiger partial charge in [0.15, 0.2) is 0 Å². The van der Waals surface area contributed by atoms with Crippen LogP contribution in [0, 0.1) is 0 Å². The Bertz CT molecular complexity index is 581. The lowest BCUT2D eigenvalue weighted by Crippen LogP contribution is -2.27. The fraction of sp³-hybridized carbons (Fsp3) is 0.200. The first kappa shape index (κ1) is 14.4. The largest absolute Gasteiger partial charge is 0.397 e. The normalized spacial score (nSPS) is 11.9. The van der Waals surface area contributed by atoms with Crippen molar-refractivity contribution in [3.8, 4) is 0 Å². The van der Waals surface area contributed by atoms with Crippen LogP contribution in [0.25, 0.3) is 0 Å². The summed E-state index contributed by atoms with van der Waals surface area (Å²) in [6.45, 7) is 1.95. The van der Waals surface area contributed by atoms with Gasteiger partial charge in [0.2, 0.25) is 0 Å². The fourth-order valence-electron chi connectivity index (χ4n) is 1.79. The van der Waals surface area contributed by atoms with E-state index in [1.807, 2.05) is 37.4 Å². The predicted octanol–water partition coefficient (Wildman–Crippen LogP) is 2.88. The molecular formula is C15H17N3OS. The molecular weight excluding hydrogens is 270 g/mol. The van der Waals surface area contributed by atoms with Crippen LogP contribution in [-0.2, 0) is 0 Å². The van der Waals surface area contributed by atoms with Gasteiger partial charge < -0.3 is 11.1 Å². The van der Waals surface area contributed by atoms with Gasteiger partial charge in [0, 0.05) is 4.90 Å². The van der Waals surface area contributed by atoms with Gasteiger partial charge >= 0.3 is 0 Å². The summed E-state index contributed by atoms with van der Waals surface area (Å²) in [4.78, 5) is 17.3. The van der Waals surface area contributed by atoms with Crippen molar-refractivity contribution in [2.45, 2.75) is 17.9 Å². The van der Waals surface area contributed by atoms with Crippen molar-refractivity contribution in [2.24, 2.45) is 0 Å². The molecule has 0 fully saturated rings. The van der Waals surface area contributed by atoms with Crippen molar-refractivity contribution in [3.63, 3.8) is 0 Å². The Hall–Kier alpha value is -2.01. The molecule has 1 unspecified atom stereocenters. The Morgan fingerprint density at radius 2 is 1.95 bits per heavy atom. The zero-order chi connectivity index (χ0) is 14.5. The van der Waals surface area contributed by atoms with E-state index in [1.165, 1.54) is 11.1 Å². The Morgan fingerprint density at radius 3 is 2.50 bits per heavy atom. The molecule has 2 aromatic rings. The monoisotopic (exact) mass is 287 g/mol. The molecule has 3 N–H and O–H groups in total. The summed E-state index contributed by atoms with van der Waals surface area (Å²) in [6, 6.07) is 11.3. The second kappa shape index (κ2) is 6.43. The number of amides is 1. The summed E-state index contributed by atoms with van der Waals surface area (Å²) < 4.78 is 0. The fourth-order valence-corrected chi connectivity index (χ4v) is 2.19. The molecule has 1 amide bonds. The van der Waals surface area contributed by atoms with Crippen LogP contribution in [0.15, 0.2) is 47.5 Å². The van der Waals surface area contributed by atoms with Crippen LogP contribution >= 0.6 is 11.8 Å². The minimum atomic E-state index is -0.202. The van der Waals surface area contributed by atoms with Crippen LogP contribution in [-0.4, -0.2) is 17.1 Å². The number of nitrogens with one attached hydrogen (secondary N) is 1. The number of carbonyl (C=O) groups is 1. The van der Waals surface area contributed by atoms with Gasteiger partial charge in [-0.25, -0.2) is 4.98 Å². The van der Waals surface area contributed by atoms with E-state index in [0.717, 1.165) is 5.56 Å². The van der Waals surface area contributed by atoms with Gasteiger partial charge in [-0.2, -0.15) is 0 Å². The van der Waals surface area contributed by atoms with E-state index in [1.54, 1.807) is 23.9 Å². The smallest absolute Gasteiger partial charge is 0.270 e. The molecule has 1 heterocycles. The summed E-state index contributed by atoms with van der Waals surface area (Å²) in [5.74, 6) is -0.202. The van der Waals surface area contributed by atoms with Crippen molar-refractivity contribution >= 4 is 23.4 Å². The number of thioether (sulfide) groups is 1. The Kier molecular flexibility index (Phi) is 4.63. The molecule has 4 nitrogen and oxygen atoms in total. The number of nitrogens with two attached hydrogens (primary N) is 1. The van der Waals surface area contributed by atoms with Crippen molar-refractivity contribution in [3.05, 3.63) is 53.9 Å². The van der Waals surface area contributed by atoms with Crippen LogP contribution in [0.3, 0.4) is 0 Å². The highest BCUT2D eigenvalue weighted by atomic mass is 32.2. The number of rotatable bonds is 4. The molecule has 0 radical (unpaired) electrons. The molecule has 0 aliphatic heterocycles. The Balaban J connectivity index is 2.04. The molecule has 20 heavy (non-hydrogen) atoms. The van der Waals surface area contributed by atoms with Gasteiger partial charge in [0.05, 0.1) is 17.9 Å². The minimum absolute atomic E-state index is 0.0715. The maximum absolute atomic E-state index is 12.0. The standard InChI is InChI=1S/C15H17N3OS/c1-10(11-3-6-13(20-2)7-4-11)18-15(19)14-8-5-12(16)9-17-14/h3-10H,16H2,1-2H3,(H,18,19). The number of hydrogen-bond acceptors (Lipinski definition) is 4. The molecule has 0 spiro atoms. The number of pyridine rings is 1. The molecule has 0 saturated heterocycles. The van der Waals surface area contributed by atoms with Crippen LogP contribution in [0.5, 0.6) is 0 Å². The highest BCUT2D eigenvalue weighted by molar-refractivity contribution is 7.98. The van der Waals surface area contributed by atoms with Crippen LogP contribution < -0.4 is 11.1 Å². The van der Waals surface area contributed by atoms with Crippen LogP contribution in [0.4, 0.5) is 5.69 Å². The summed E-state index contributed by atoms with van der Waals surface area (Å²) >= 11 is 1.69. The quantitative estimate of drug-likeness (QED) is 0.848. The number of aromatic nitrogens is 1. The number of carbonyl (C=O) groups excluding carboxylic acids is 1. The van der Waals surface area contributed by atoms with Gasteiger partial charge in [-0.05, 0) is 43.0 Å². The maximum atomic E-state index is 12.0. The Labute approximate surface area is 122 Å². The molecule has 1 aromatic heterocycles. The molecule has 2 rings (SSSR count). The molecule has 1 aromatic carbocycles. The molecule has 104 valence electrons. The van der Waals surface area contributed by atoms with Crippen molar-refractivity contribution in [1.82, 2.24) is 10.3 Å². The van der Waals surface area contributed by atoms with E-state index in [9.17, 15) is 4.79 Å². The predicted molar refractivity (Wildman–Crippen MR) is 82.8 cm³/mol. The number of hydrogen-bond donors (Lipinski definition) is 2. The lowest BCUT2D eigenvalue weighted by Gasteiger charge is -2.14. The van der Waals surface area contributed by atoms with Crippen molar-refractivity contribution in [1.29, 1.82) is 0 Å². The third-order valence-electron chi connectivity index (χ3n) is 2.98. The molecule has 0 aliphatic rings. The van der Waals surface area contributed by atoms with E-state index in [4.69, 9.17) is 5.73 Å². The van der Waals surface area contributed by atoms with Gasteiger partial charge in [0.1, 0.15) is 5.69 Å². The van der Waals surface area contributed by atoms with E-state index >= 15 is 0 Å². The van der Waals surface area contributed by atoms with E-state index in [-0.39, 0.29) is 11.9 Å².